The molecule has 3 aromatic rings. The molecular weight excluding hydrogens is 961 g/mol. The van der Waals surface area contributed by atoms with Crippen LogP contribution >= 0.6 is 0 Å². The number of carboxylic acids is 1. The van der Waals surface area contributed by atoms with Crippen LogP contribution in [0.2, 0.25) is 0 Å². The number of rotatable bonds is 30. The Morgan fingerprint density at radius 3 is 1.27 bits per heavy atom. The lowest BCUT2D eigenvalue weighted by molar-refractivity contribution is -0.136. The van der Waals surface area contributed by atoms with Crippen LogP contribution in [0.1, 0.15) is 27.2 Å². The van der Waals surface area contributed by atoms with Gasteiger partial charge in [-0.2, -0.15) is 0 Å². The number of hydrogen-bond donors (Lipinski definition) is 1. The molecular formula is C50H66N4O19. The molecule has 3 heterocycles. The minimum absolute atomic E-state index is 0.00457. The van der Waals surface area contributed by atoms with Gasteiger partial charge in [0.25, 0.3) is 18.9 Å². The number of anilines is 6. The summed E-state index contributed by atoms with van der Waals surface area (Å²) in [6.07, 6.45) is -3.89. The number of aliphatic carboxylic acids is 1. The lowest BCUT2D eigenvalue weighted by Gasteiger charge is -2.32. The monoisotopic (exact) mass is 1030 g/mol. The minimum Gasteiger partial charge on any atom is -0.481 e. The van der Waals surface area contributed by atoms with Crippen LogP contribution in [-0.4, -0.2) is 180 Å². The number of methoxy groups -OCH3 is 3. The van der Waals surface area contributed by atoms with Crippen LogP contribution in [0.3, 0.4) is 0 Å². The van der Waals surface area contributed by atoms with Gasteiger partial charge in [0, 0.05) is 87.8 Å². The quantitative estimate of drug-likeness (QED) is 0.0489. The van der Waals surface area contributed by atoms with E-state index in [4.69, 9.17) is 62.0 Å². The second-order valence-electron chi connectivity index (χ2n) is 16.3. The van der Waals surface area contributed by atoms with E-state index < -0.39 is 55.0 Å². The van der Waals surface area contributed by atoms with E-state index >= 15 is 0 Å². The summed E-state index contributed by atoms with van der Waals surface area (Å²) in [6.45, 7) is 8.30. The molecule has 3 aliphatic rings. The van der Waals surface area contributed by atoms with Crippen LogP contribution in [0.25, 0.3) is 0 Å². The van der Waals surface area contributed by atoms with Gasteiger partial charge in [-0.3, -0.25) is 14.4 Å². The summed E-state index contributed by atoms with van der Waals surface area (Å²) in [7, 11) is 4.60. The van der Waals surface area contributed by atoms with Crippen molar-refractivity contribution in [1.82, 2.24) is 0 Å². The molecule has 0 saturated carbocycles. The molecule has 6 atom stereocenters. The maximum atomic E-state index is 11.9. The van der Waals surface area contributed by atoms with Gasteiger partial charge in [0.2, 0.25) is 0 Å². The summed E-state index contributed by atoms with van der Waals surface area (Å²) in [4.78, 5) is 86.5. The smallest absolute Gasteiger partial charge is 0.481 e. The molecule has 23 heteroatoms. The van der Waals surface area contributed by atoms with Gasteiger partial charge in [0.1, 0.15) is 44.9 Å². The first-order chi connectivity index (χ1) is 35.4. The topological polar surface area (TPSA) is 254 Å². The number of nitrogens with zero attached hydrogens (tertiary/aromatic N) is 4. The van der Waals surface area contributed by atoms with Crippen molar-refractivity contribution < 1.29 is 90.8 Å². The molecule has 0 bridgehead atoms. The van der Waals surface area contributed by atoms with Crippen molar-refractivity contribution in [2.75, 3.05) is 120 Å². The van der Waals surface area contributed by atoms with Gasteiger partial charge >= 0.3 is 18.5 Å². The largest absolute Gasteiger partial charge is 0.508 e. The van der Waals surface area contributed by atoms with Crippen molar-refractivity contribution in [2.24, 2.45) is 5.92 Å². The molecule has 3 saturated heterocycles. The van der Waals surface area contributed by atoms with Crippen LogP contribution < -0.4 is 19.6 Å². The highest BCUT2D eigenvalue weighted by Crippen LogP contribution is 2.38. The molecule has 6 unspecified atom stereocenters. The Bertz CT molecular complexity index is 2070. The number of carbonyl (C=O) groups is 7. The van der Waals surface area contributed by atoms with Crippen LogP contribution in [0.15, 0.2) is 72.8 Å². The number of benzene rings is 3. The third kappa shape index (κ3) is 19.0. The fourth-order valence-electron chi connectivity index (χ4n) is 7.96. The number of carboxylic acid groups (broad SMARTS) is 1. The van der Waals surface area contributed by atoms with Crippen LogP contribution in [0, 0.1) is 5.92 Å². The number of hydrogen-bond acceptors (Lipinski definition) is 22. The minimum atomic E-state index is -0.833. The van der Waals surface area contributed by atoms with Crippen LogP contribution in [0.5, 0.6) is 0 Å². The molecule has 400 valence electrons. The van der Waals surface area contributed by atoms with E-state index in [1.54, 1.807) is 7.11 Å². The number of carbonyl (C=O) groups excluding carboxylic acids is 6. The molecule has 23 nitrogen and oxygen atoms in total. The fourth-order valence-corrected chi connectivity index (χ4v) is 7.96. The Kier molecular flexibility index (Phi) is 24.8. The maximum Gasteiger partial charge on any atom is 0.508 e. The van der Waals surface area contributed by atoms with Crippen molar-refractivity contribution >= 4 is 77.8 Å². The summed E-state index contributed by atoms with van der Waals surface area (Å²) >= 11 is 0. The van der Waals surface area contributed by atoms with Gasteiger partial charge in [0.15, 0.2) is 18.3 Å². The summed E-state index contributed by atoms with van der Waals surface area (Å²) in [5, 5.41) is 7.42. The van der Waals surface area contributed by atoms with Crippen molar-refractivity contribution in [3.63, 3.8) is 0 Å². The Hall–Kier alpha value is -7.37. The van der Waals surface area contributed by atoms with Gasteiger partial charge < -0.3 is 81.6 Å². The zero-order valence-corrected chi connectivity index (χ0v) is 41.9. The number of cyclic esters (lactones) is 6. The van der Waals surface area contributed by atoms with E-state index in [2.05, 4.69) is 0 Å². The molecule has 3 aliphatic heterocycles. The van der Waals surface area contributed by atoms with Gasteiger partial charge in [-0.05, 0) is 72.8 Å². The normalized spacial score (nSPS) is 17.6. The van der Waals surface area contributed by atoms with Gasteiger partial charge in [-0.25, -0.2) is 14.4 Å². The first-order valence-electron chi connectivity index (χ1n) is 23.5. The molecule has 0 amide bonds. The molecule has 3 aromatic carbocycles. The van der Waals surface area contributed by atoms with Crippen molar-refractivity contribution in [3.8, 4) is 0 Å². The lowest BCUT2D eigenvalue weighted by atomic mass is 10.1. The van der Waals surface area contributed by atoms with Gasteiger partial charge in [-0.15, -0.1) is 0 Å². The summed E-state index contributed by atoms with van der Waals surface area (Å²) < 4.78 is 57.9. The average Bonchev–Trinajstić information content (AvgIpc) is 4.13. The van der Waals surface area contributed by atoms with Crippen LogP contribution in [0.4, 0.5) is 48.5 Å². The molecule has 1 N–H and O–H groups in total. The van der Waals surface area contributed by atoms with E-state index in [0.29, 0.717) is 32.6 Å². The second kappa shape index (κ2) is 31.2. The molecule has 0 aliphatic carbocycles. The molecule has 3 fully saturated rings. The highest BCUT2D eigenvalue weighted by atomic mass is 16.8. The zero-order valence-electron chi connectivity index (χ0n) is 41.9. The molecule has 73 heavy (non-hydrogen) atoms. The third-order valence-corrected chi connectivity index (χ3v) is 11.1. The standard InChI is InChI=1S/C46H56N4O17.C2H4O2.C2H6/c1-57-24-32(16-17-51)18-47(21-41-27-61-44(54)65-41)33-4-10-36(11-5-33)50(37-12-6-34(7-13-37)48(19-39(59-3)26-60-30-52)22-42-28-62-45(55)66-42)38-14-8-35(9-15-38)49(20-40(25-58-2)64-31-53)23-43-29-63-46(56)67-43;1-2(3)4;1-2/h4-15,17,30-32,39-43H,16,18-29H2,1-3H3;1H3,(H,3,4);1-2H3. The van der Waals surface area contributed by atoms with Gasteiger partial charge in [-0.1, -0.05) is 13.8 Å². The van der Waals surface area contributed by atoms with Gasteiger partial charge in [0.05, 0.1) is 39.4 Å². The van der Waals surface area contributed by atoms with E-state index in [0.717, 1.165) is 47.3 Å². The molecule has 6 rings (SSSR count). The number of aldehydes is 1. The fraction of sp³-hybridized carbons (Fsp3) is 0.500. The summed E-state index contributed by atoms with van der Waals surface area (Å²) in [5.41, 5.74) is 4.58. The lowest BCUT2D eigenvalue weighted by Crippen LogP contribution is -2.41. The zero-order chi connectivity index (χ0) is 53.1. The highest BCUT2D eigenvalue weighted by molar-refractivity contribution is 5.79. The first kappa shape index (κ1) is 58.2. The van der Waals surface area contributed by atoms with Crippen molar-refractivity contribution in [2.45, 2.75) is 57.7 Å². The number of ether oxygens (including phenoxy) is 11. The third-order valence-electron chi connectivity index (χ3n) is 11.1. The Morgan fingerprint density at radius 2 is 0.959 bits per heavy atom. The predicted octanol–water partition coefficient (Wildman–Crippen LogP) is 5.53. The van der Waals surface area contributed by atoms with Crippen molar-refractivity contribution in [1.29, 1.82) is 0 Å². The Balaban J connectivity index is 0.00000183. The average molecular weight is 1030 g/mol. The van der Waals surface area contributed by atoms with E-state index in [-0.39, 0.29) is 71.6 Å². The maximum absolute atomic E-state index is 11.9. The SMILES string of the molecule is CC.CC(=O)O.COCC(CC=O)CN(CC1COC(=O)O1)c1ccc(N(c2ccc(N(CC(COC=O)OC)CC3COC(=O)O3)cc2)c2ccc(N(CC(COC)OC=O)CC3COC(=O)O3)cc2)cc1. The molecule has 0 radical (unpaired) electrons. The Morgan fingerprint density at radius 1 is 0.589 bits per heavy atom. The van der Waals surface area contributed by atoms with E-state index in [9.17, 15) is 28.8 Å². The van der Waals surface area contributed by atoms with E-state index in [1.165, 1.54) is 14.2 Å². The highest BCUT2D eigenvalue weighted by Gasteiger charge is 2.32. The van der Waals surface area contributed by atoms with E-state index in [1.807, 2.05) is 106 Å². The van der Waals surface area contributed by atoms with Crippen molar-refractivity contribution in [3.05, 3.63) is 72.8 Å². The summed E-state index contributed by atoms with van der Waals surface area (Å²) in [5.74, 6) is -0.971. The second-order valence-corrected chi connectivity index (χ2v) is 16.3. The predicted molar refractivity (Wildman–Crippen MR) is 263 cm³/mol. The molecule has 0 aromatic heterocycles. The van der Waals surface area contributed by atoms with Crippen LogP contribution in [-0.2, 0) is 71.3 Å². The molecule has 0 spiro atoms. The Labute approximate surface area is 423 Å². The summed E-state index contributed by atoms with van der Waals surface area (Å²) in [6, 6.07) is 23.2. The first-order valence-corrected chi connectivity index (χ1v) is 23.5.